The van der Waals surface area contributed by atoms with Crippen LogP contribution in [0, 0.1) is 0 Å². The molecule has 0 atom stereocenters. The standard InChI is InChI=1S/C9H7ClN2O3S3/c1-18(14,15)5-4-17-7(6(5)10)8(13)12-9-11-2-3-16-9/h2-4H,1H3,(H,11,12,13). The number of nitrogens with one attached hydrogen (secondary N) is 1. The van der Waals surface area contributed by atoms with Gasteiger partial charge in [0.05, 0.1) is 9.92 Å². The van der Waals surface area contributed by atoms with Crippen molar-refractivity contribution in [1.29, 1.82) is 0 Å². The topological polar surface area (TPSA) is 76.1 Å². The van der Waals surface area contributed by atoms with Crippen molar-refractivity contribution in [1.82, 2.24) is 4.98 Å². The molecule has 2 aromatic heterocycles. The molecule has 0 aliphatic carbocycles. The van der Waals surface area contributed by atoms with Gasteiger partial charge in [0.25, 0.3) is 5.91 Å². The van der Waals surface area contributed by atoms with Crippen LogP contribution in [0.4, 0.5) is 5.13 Å². The number of carbonyl (C=O) groups excluding carboxylic acids is 1. The van der Waals surface area contributed by atoms with Gasteiger partial charge in [0, 0.05) is 23.2 Å². The van der Waals surface area contributed by atoms with Gasteiger partial charge in [0.15, 0.2) is 15.0 Å². The van der Waals surface area contributed by atoms with Crippen LogP contribution in [0.1, 0.15) is 9.67 Å². The zero-order chi connectivity index (χ0) is 13.3. The zero-order valence-electron chi connectivity index (χ0n) is 9.01. The number of rotatable bonds is 3. The Kier molecular flexibility index (Phi) is 3.71. The molecule has 0 aliphatic heterocycles. The molecule has 0 saturated carbocycles. The zero-order valence-corrected chi connectivity index (χ0v) is 12.2. The number of hydrogen-bond donors (Lipinski definition) is 1. The Bertz CT molecular complexity index is 676. The lowest BCUT2D eigenvalue weighted by Gasteiger charge is -2.00. The molecule has 0 aromatic carbocycles. The quantitative estimate of drug-likeness (QED) is 0.942. The van der Waals surface area contributed by atoms with Gasteiger partial charge in [-0.1, -0.05) is 11.6 Å². The molecule has 96 valence electrons. The van der Waals surface area contributed by atoms with Crippen molar-refractivity contribution in [3.05, 3.63) is 26.9 Å². The van der Waals surface area contributed by atoms with Crippen molar-refractivity contribution < 1.29 is 13.2 Å². The van der Waals surface area contributed by atoms with E-state index in [1.54, 1.807) is 11.6 Å². The third-order valence-corrected chi connectivity index (χ3v) is 5.51. The van der Waals surface area contributed by atoms with E-state index in [0.29, 0.717) is 5.13 Å². The Morgan fingerprint density at radius 3 is 2.67 bits per heavy atom. The predicted molar refractivity (Wildman–Crippen MR) is 72.5 cm³/mol. The fourth-order valence-corrected chi connectivity index (χ4v) is 4.50. The predicted octanol–water partition coefficient (Wildman–Crippen LogP) is 2.51. The second kappa shape index (κ2) is 4.96. The average Bonchev–Trinajstić information content (AvgIpc) is 2.85. The van der Waals surface area contributed by atoms with Crippen molar-refractivity contribution in [2.24, 2.45) is 0 Å². The van der Waals surface area contributed by atoms with E-state index in [2.05, 4.69) is 10.3 Å². The molecule has 1 N–H and O–H groups in total. The second-order valence-corrected chi connectivity index (χ2v) is 7.44. The lowest BCUT2D eigenvalue weighted by Crippen LogP contribution is -2.10. The Hall–Kier alpha value is -0.960. The highest BCUT2D eigenvalue weighted by molar-refractivity contribution is 7.91. The summed E-state index contributed by atoms with van der Waals surface area (Å²) in [6, 6.07) is 0. The smallest absolute Gasteiger partial charge is 0.269 e. The third kappa shape index (κ3) is 2.72. The number of thiazole rings is 1. The highest BCUT2D eigenvalue weighted by atomic mass is 35.5. The van der Waals surface area contributed by atoms with E-state index in [4.69, 9.17) is 11.6 Å². The maximum atomic E-state index is 11.9. The van der Waals surface area contributed by atoms with E-state index in [-0.39, 0.29) is 14.8 Å². The van der Waals surface area contributed by atoms with Gasteiger partial charge >= 0.3 is 0 Å². The SMILES string of the molecule is CS(=O)(=O)c1csc(C(=O)Nc2nccs2)c1Cl. The van der Waals surface area contributed by atoms with Crippen LogP contribution in [-0.4, -0.2) is 25.6 Å². The Labute approximate surface area is 116 Å². The van der Waals surface area contributed by atoms with E-state index < -0.39 is 15.7 Å². The number of aromatic nitrogens is 1. The minimum absolute atomic E-state index is 0.0292. The first-order valence-corrected chi connectivity index (χ1v) is 8.60. The first-order chi connectivity index (χ1) is 8.39. The summed E-state index contributed by atoms with van der Waals surface area (Å²) in [7, 11) is -3.42. The molecule has 2 heterocycles. The van der Waals surface area contributed by atoms with Gasteiger partial charge in [-0.3, -0.25) is 10.1 Å². The number of anilines is 1. The van der Waals surface area contributed by atoms with Gasteiger partial charge in [-0.05, 0) is 0 Å². The molecule has 0 unspecified atom stereocenters. The van der Waals surface area contributed by atoms with Crippen molar-refractivity contribution in [3.8, 4) is 0 Å². The van der Waals surface area contributed by atoms with Crippen LogP contribution in [0.3, 0.4) is 0 Å². The highest BCUT2D eigenvalue weighted by Gasteiger charge is 2.22. The number of carbonyl (C=O) groups is 1. The van der Waals surface area contributed by atoms with Crippen LogP contribution in [0.2, 0.25) is 5.02 Å². The van der Waals surface area contributed by atoms with Gasteiger partial charge in [-0.2, -0.15) is 0 Å². The summed E-state index contributed by atoms with van der Waals surface area (Å²) in [5.41, 5.74) is 0. The fraction of sp³-hybridized carbons (Fsp3) is 0.111. The molecule has 1 amide bonds. The number of nitrogens with zero attached hydrogens (tertiary/aromatic N) is 1. The van der Waals surface area contributed by atoms with E-state index in [9.17, 15) is 13.2 Å². The maximum Gasteiger partial charge on any atom is 0.269 e. The monoisotopic (exact) mass is 322 g/mol. The summed E-state index contributed by atoms with van der Waals surface area (Å²) in [4.78, 5) is 15.9. The highest BCUT2D eigenvalue weighted by Crippen LogP contribution is 2.32. The Morgan fingerprint density at radius 2 is 2.17 bits per heavy atom. The summed E-state index contributed by atoms with van der Waals surface area (Å²) < 4.78 is 22.8. The Balaban J connectivity index is 2.30. The van der Waals surface area contributed by atoms with Crippen molar-refractivity contribution in [2.75, 3.05) is 11.6 Å². The van der Waals surface area contributed by atoms with Gasteiger partial charge in [-0.15, -0.1) is 22.7 Å². The number of sulfone groups is 1. The molecule has 18 heavy (non-hydrogen) atoms. The number of halogens is 1. The molecule has 0 bridgehead atoms. The molecular formula is C9H7ClN2O3S3. The Morgan fingerprint density at radius 1 is 1.44 bits per heavy atom. The van der Waals surface area contributed by atoms with Crippen molar-refractivity contribution in [2.45, 2.75) is 4.90 Å². The van der Waals surface area contributed by atoms with Crippen molar-refractivity contribution in [3.63, 3.8) is 0 Å². The summed E-state index contributed by atoms with van der Waals surface area (Å²) >= 11 is 8.15. The van der Waals surface area contributed by atoms with E-state index >= 15 is 0 Å². The first kappa shape index (κ1) is 13.5. The van der Waals surface area contributed by atoms with Gasteiger partial charge in [-0.25, -0.2) is 13.4 Å². The number of thiophene rings is 1. The molecular weight excluding hydrogens is 316 g/mol. The van der Waals surface area contributed by atoms with E-state index in [1.165, 1.54) is 16.7 Å². The van der Waals surface area contributed by atoms with Crippen LogP contribution < -0.4 is 5.32 Å². The summed E-state index contributed by atoms with van der Waals surface area (Å²) in [5.74, 6) is -0.463. The second-order valence-electron chi connectivity index (χ2n) is 3.31. The fourth-order valence-electron chi connectivity index (χ4n) is 1.17. The van der Waals surface area contributed by atoms with Crippen LogP contribution in [-0.2, 0) is 9.84 Å². The van der Waals surface area contributed by atoms with E-state index in [0.717, 1.165) is 17.6 Å². The van der Waals surface area contributed by atoms with Crippen LogP contribution in [0.25, 0.3) is 0 Å². The molecule has 0 aliphatic rings. The largest absolute Gasteiger partial charge is 0.297 e. The lowest BCUT2D eigenvalue weighted by atomic mass is 10.4. The third-order valence-electron chi connectivity index (χ3n) is 1.96. The first-order valence-electron chi connectivity index (χ1n) is 4.57. The van der Waals surface area contributed by atoms with Gasteiger partial charge in [0.2, 0.25) is 0 Å². The van der Waals surface area contributed by atoms with Crippen LogP contribution >= 0.6 is 34.3 Å². The molecule has 9 heteroatoms. The van der Waals surface area contributed by atoms with Crippen LogP contribution in [0.15, 0.2) is 21.9 Å². The normalized spacial score (nSPS) is 11.4. The molecule has 5 nitrogen and oxygen atoms in total. The van der Waals surface area contributed by atoms with E-state index in [1.807, 2.05) is 0 Å². The van der Waals surface area contributed by atoms with Crippen molar-refractivity contribution >= 4 is 55.2 Å². The molecule has 0 spiro atoms. The average molecular weight is 323 g/mol. The minimum Gasteiger partial charge on any atom is -0.297 e. The lowest BCUT2D eigenvalue weighted by molar-refractivity contribution is 0.103. The summed E-state index contributed by atoms with van der Waals surface area (Å²) in [6.45, 7) is 0. The summed E-state index contributed by atoms with van der Waals surface area (Å²) in [6.07, 6.45) is 2.60. The molecule has 2 aromatic rings. The molecule has 2 rings (SSSR count). The minimum atomic E-state index is -3.42. The maximum absolute atomic E-state index is 11.9. The van der Waals surface area contributed by atoms with Gasteiger partial charge in [0.1, 0.15) is 4.88 Å². The number of hydrogen-bond acceptors (Lipinski definition) is 6. The molecule has 0 saturated heterocycles. The molecule has 0 radical (unpaired) electrons. The summed E-state index contributed by atoms with van der Waals surface area (Å²) in [5, 5.41) is 6.01. The van der Waals surface area contributed by atoms with Gasteiger partial charge < -0.3 is 0 Å². The van der Waals surface area contributed by atoms with Crippen LogP contribution in [0.5, 0.6) is 0 Å². The molecule has 0 fully saturated rings. The number of amides is 1.